The zero-order valence-corrected chi connectivity index (χ0v) is 16.9. The van der Waals surface area contributed by atoms with Crippen molar-refractivity contribution >= 4 is 6.47 Å². The van der Waals surface area contributed by atoms with Crippen molar-refractivity contribution in [2.24, 2.45) is 17.8 Å². The van der Waals surface area contributed by atoms with Gasteiger partial charge in [0, 0.05) is 24.7 Å². The average Bonchev–Trinajstić information content (AvgIpc) is 3.21. The van der Waals surface area contributed by atoms with Crippen LogP contribution in [0.1, 0.15) is 58.8 Å². The van der Waals surface area contributed by atoms with Crippen molar-refractivity contribution in [3.63, 3.8) is 0 Å². The molecule has 156 valence electrons. The molecule has 0 bridgehead atoms. The van der Waals surface area contributed by atoms with Crippen molar-refractivity contribution in [1.82, 2.24) is 0 Å². The normalized spacial score (nSPS) is 30.4. The molecule has 2 N–H and O–H groups in total. The summed E-state index contributed by atoms with van der Waals surface area (Å²) in [5, 5.41) is 30.2. The number of aliphatic hydroxyl groups is 2. The van der Waals surface area contributed by atoms with Crippen molar-refractivity contribution < 1.29 is 24.5 Å². The number of carbonyl (C=O) groups excluding carboxylic acids is 1. The van der Waals surface area contributed by atoms with Gasteiger partial charge in [0.15, 0.2) is 0 Å². The van der Waals surface area contributed by atoms with Crippen LogP contribution in [-0.2, 0) is 14.3 Å². The highest BCUT2D eigenvalue weighted by atomic mass is 16.5. The van der Waals surface area contributed by atoms with Gasteiger partial charge < -0.3 is 19.7 Å². The molecule has 6 atom stereocenters. The van der Waals surface area contributed by atoms with E-state index in [2.05, 4.69) is 17.7 Å². The molecule has 2 aliphatic rings. The second-order valence-electron chi connectivity index (χ2n) is 7.98. The molecule has 1 aliphatic heterocycles. The first kappa shape index (κ1) is 22.4. The standard InChI is InChI=1S/C22H33NO5/c1-3-4-6-15(2)19(25)9-8-17-18-11-21(28-22(18)12-20(17)26)16(13-23)7-5-10-27-14-24/h8-9,14-15,17-20,22,25-26H,3-7,10-12H2,1-2H3/t15?,17-,18-,19-,20-,22+/m1/s1. The number of aliphatic hydroxyl groups excluding tert-OH is 2. The fourth-order valence-electron chi connectivity index (χ4n) is 4.18. The van der Waals surface area contributed by atoms with Gasteiger partial charge >= 0.3 is 0 Å². The zero-order chi connectivity index (χ0) is 20.5. The molecule has 2 fully saturated rings. The Morgan fingerprint density at radius 3 is 2.93 bits per heavy atom. The van der Waals surface area contributed by atoms with Crippen LogP contribution in [0.15, 0.2) is 23.5 Å². The van der Waals surface area contributed by atoms with Gasteiger partial charge in [-0.2, -0.15) is 5.26 Å². The minimum absolute atomic E-state index is 0.0751. The van der Waals surface area contributed by atoms with Gasteiger partial charge in [-0.15, -0.1) is 0 Å². The summed E-state index contributed by atoms with van der Waals surface area (Å²) in [5.74, 6) is 0.938. The van der Waals surface area contributed by atoms with Crippen LogP contribution < -0.4 is 0 Å². The summed E-state index contributed by atoms with van der Waals surface area (Å²) in [6, 6.07) is 2.21. The maximum Gasteiger partial charge on any atom is 0.293 e. The van der Waals surface area contributed by atoms with Crippen molar-refractivity contribution in [3.8, 4) is 6.07 Å². The van der Waals surface area contributed by atoms with Crippen LogP contribution in [0.3, 0.4) is 0 Å². The Morgan fingerprint density at radius 1 is 1.46 bits per heavy atom. The molecule has 0 aromatic rings. The highest BCUT2D eigenvalue weighted by Crippen LogP contribution is 2.46. The lowest BCUT2D eigenvalue weighted by Gasteiger charge is -2.18. The second kappa shape index (κ2) is 11.2. The molecule has 1 aliphatic carbocycles. The predicted octanol–water partition coefficient (Wildman–Crippen LogP) is 3.25. The highest BCUT2D eigenvalue weighted by Gasteiger charge is 2.47. The molecule has 1 heterocycles. The summed E-state index contributed by atoms with van der Waals surface area (Å²) in [4.78, 5) is 10.2. The van der Waals surface area contributed by atoms with Gasteiger partial charge in [0.1, 0.15) is 11.9 Å². The number of hydrogen-bond donors (Lipinski definition) is 2. The van der Waals surface area contributed by atoms with Gasteiger partial charge in [-0.05, 0) is 25.2 Å². The van der Waals surface area contributed by atoms with Crippen LogP contribution in [0, 0.1) is 29.1 Å². The minimum Gasteiger partial charge on any atom is -0.493 e. The number of unbranched alkanes of at least 4 members (excludes halogenated alkanes) is 1. The van der Waals surface area contributed by atoms with E-state index in [9.17, 15) is 20.3 Å². The molecular formula is C22H33NO5. The predicted molar refractivity (Wildman–Crippen MR) is 105 cm³/mol. The largest absolute Gasteiger partial charge is 0.493 e. The fraction of sp³-hybridized carbons (Fsp3) is 0.727. The van der Waals surface area contributed by atoms with E-state index >= 15 is 0 Å². The fourth-order valence-corrected chi connectivity index (χ4v) is 4.18. The molecule has 1 saturated carbocycles. The Morgan fingerprint density at radius 2 is 2.25 bits per heavy atom. The Bertz CT molecular complexity index is 609. The lowest BCUT2D eigenvalue weighted by Crippen LogP contribution is -2.20. The van der Waals surface area contributed by atoms with E-state index in [1.54, 1.807) is 0 Å². The number of ether oxygens (including phenoxy) is 2. The summed E-state index contributed by atoms with van der Waals surface area (Å²) in [5.41, 5.74) is 0.592. The van der Waals surface area contributed by atoms with Crippen LogP contribution in [0.4, 0.5) is 0 Å². The van der Waals surface area contributed by atoms with E-state index < -0.39 is 12.2 Å². The maximum absolute atomic E-state index is 10.4. The van der Waals surface area contributed by atoms with E-state index in [1.165, 1.54) is 0 Å². The van der Waals surface area contributed by atoms with E-state index in [1.807, 2.05) is 19.1 Å². The van der Waals surface area contributed by atoms with Crippen molar-refractivity contribution in [3.05, 3.63) is 23.5 Å². The van der Waals surface area contributed by atoms with Gasteiger partial charge in [-0.3, -0.25) is 4.79 Å². The monoisotopic (exact) mass is 391 g/mol. The van der Waals surface area contributed by atoms with Crippen LogP contribution in [0.25, 0.3) is 0 Å². The Kier molecular flexibility index (Phi) is 9.01. The van der Waals surface area contributed by atoms with Crippen molar-refractivity contribution in [2.45, 2.75) is 77.1 Å². The van der Waals surface area contributed by atoms with E-state index in [0.717, 1.165) is 19.3 Å². The lowest BCUT2D eigenvalue weighted by atomic mass is 9.89. The molecule has 0 amide bonds. The van der Waals surface area contributed by atoms with E-state index in [4.69, 9.17) is 4.74 Å². The number of hydrogen-bond acceptors (Lipinski definition) is 6. The molecule has 0 spiro atoms. The average molecular weight is 392 g/mol. The summed E-state index contributed by atoms with van der Waals surface area (Å²) >= 11 is 0. The molecule has 0 radical (unpaired) electrons. The molecule has 1 saturated heterocycles. The molecule has 0 aromatic heterocycles. The van der Waals surface area contributed by atoms with Gasteiger partial charge in [0.05, 0.1) is 30.5 Å². The molecule has 6 nitrogen and oxygen atoms in total. The molecular weight excluding hydrogens is 358 g/mol. The first-order chi connectivity index (χ1) is 13.5. The number of allylic oxidation sites excluding steroid dienone is 2. The third-order valence-corrected chi connectivity index (χ3v) is 5.96. The third-order valence-electron chi connectivity index (χ3n) is 5.96. The minimum atomic E-state index is -0.511. The highest BCUT2D eigenvalue weighted by molar-refractivity contribution is 5.36. The molecule has 28 heavy (non-hydrogen) atoms. The lowest BCUT2D eigenvalue weighted by molar-refractivity contribution is -0.128. The van der Waals surface area contributed by atoms with Crippen LogP contribution in [-0.4, -0.2) is 41.6 Å². The van der Waals surface area contributed by atoms with Crippen LogP contribution in [0.2, 0.25) is 0 Å². The third kappa shape index (κ3) is 5.83. The molecule has 6 heteroatoms. The van der Waals surface area contributed by atoms with Crippen LogP contribution >= 0.6 is 0 Å². The number of nitriles is 1. The van der Waals surface area contributed by atoms with Crippen molar-refractivity contribution in [2.75, 3.05) is 6.61 Å². The smallest absolute Gasteiger partial charge is 0.293 e. The van der Waals surface area contributed by atoms with Gasteiger partial charge in [-0.25, -0.2) is 0 Å². The first-order valence-corrected chi connectivity index (χ1v) is 10.4. The summed E-state index contributed by atoms with van der Waals surface area (Å²) < 4.78 is 10.7. The van der Waals surface area contributed by atoms with Crippen molar-refractivity contribution in [1.29, 1.82) is 5.26 Å². The number of rotatable bonds is 11. The summed E-state index contributed by atoms with van der Waals surface area (Å²) in [6.45, 7) is 4.88. The molecule has 2 rings (SSSR count). The topological polar surface area (TPSA) is 99.8 Å². The van der Waals surface area contributed by atoms with E-state index in [0.29, 0.717) is 43.5 Å². The van der Waals surface area contributed by atoms with Crippen LogP contribution in [0.5, 0.6) is 0 Å². The second-order valence-corrected chi connectivity index (χ2v) is 7.98. The van der Waals surface area contributed by atoms with E-state index in [-0.39, 0.29) is 30.5 Å². The van der Waals surface area contributed by atoms with Gasteiger partial charge in [0.2, 0.25) is 0 Å². The van der Waals surface area contributed by atoms with Gasteiger partial charge in [-0.1, -0.05) is 38.8 Å². The SMILES string of the molecule is CCCCC(C)[C@H](O)C=C[C@@H]1[C@H]2CC(=C(C#N)CCCOC=O)O[C@H]2C[C@H]1O. The maximum atomic E-state index is 10.4. The number of fused-ring (bicyclic) bond motifs is 1. The molecule has 1 unspecified atom stereocenters. The zero-order valence-electron chi connectivity index (χ0n) is 16.9. The Hall–Kier alpha value is -1.84. The number of nitrogens with zero attached hydrogens (tertiary/aromatic N) is 1. The summed E-state index contributed by atoms with van der Waals surface area (Å²) in [6.07, 6.45) is 8.11. The molecule has 0 aromatic carbocycles. The Balaban J connectivity index is 1.98. The Labute approximate surface area is 167 Å². The first-order valence-electron chi connectivity index (χ1n) is 10.4. The van der Waals surface area contributed by atoms with Gasteiger partial charge in [0.25, 0.3) is 6.47 Å². The quantitative estimate of drug-likeness (QED) is 0.243. The number of carbonyl (C=O) groups is 1. The summed E-state index contributed by atoms with van der Waals surface area (Å²) in [7, 11) is 0.